The molecule has 18 heavy (non-hydrogen) atoms. The molecule has 7 heteroatoms. The Labute approximate surface area is 105 Å². The topological polar surface area (TPSA) is 80.5 Å². The highest BCUT2D eigenvalue weighted by Crippen LogP contribution is 2.20. The van der Waals surface area contributed by atoms with E-state index < -0.39 is 5.97 Å². The average Bonchev–Trinajstić information content (AvgIpc) is 2.75. The van der Waals surface area contributed by atoms with Gasteiger partial charge in [-0.3, -0.25) is 4.90 Å². The summed E-state index contributed by atoms with van der Waals surface area (Å²) in [6.45, 7) is 3.69. The zero-order valence-corrected chi connectivity index (χ0v) is 10.4. The van der Waals surface area contributed by atoms with Crippen molar-refractivity contribution in [1.29, 1.82) is 0 Å². The Hall–Kier alpha value is -1.47. The molecular formula is C11H18N4O3. The number of carboxylic acids is 1. The molecule has 0 saturated carbocycles. The number of unbranched alkanes of at least 4 members (excludes halogenated alkanes) is 1. The Morgan fingerprint density at radius 1 is 1.56 bits per heavy atom. The van der Waals surface area contributed by atoms with Crippen LogP contribution < -0.4 is 0 Å². The van der Waals surface area contributed by atoms with Crippen LogP contribution in [0.1, 0.15) is 29.4 Å². The molecule has 1 aliphatic heterocycles. The molecule has 0 bridgehead atoms. The lowest BCUT2D eigenvalue weighted by molar-refractivity contribution is 0.0690. The van der Waals surface area contributed by atoms with Crippen LogP contribution in [0.5, 0.6) is 0 Å². The summed E-state index contributed by atoms with van der Waals surface area (Å²) in [5.74, 6) is -1.03. The van der Waals surface area contributed by atoms with Crippen LogP contribution in [0.4, 0.5) is 0 Å². The maximum atomic E-state index is 10.7. The van der Waals surface area contributed by atoms with Crippen molar-refractivity contribution in [2.24, 2.45) is 0 Å². The van der Waals surface area contributed by atoms with E-state index in [9.17, 15) is 4.79 Å². The van der Waals surface area contributed by atoms with E-state index in [0.29, 0.717) is 0 Å². The van der Waals surface area contributed by atoms with Gasteiger partial charge in [-0.25, -0.2) is 9.48 Å². The van der Waals surface area contributed by atoms with Crippen LogP contribution in [0.2, 0.25) is 0 Å². The van der Waals surface area contributed by atoms with E-state index in [1.165, 1.54) is 6.20 Å². The molecule has 2 rings (SSSR count). The van der Waals surface area contributed by atoms with Crippen molar-refractivity contribution in [2.75, 3.05) is 33.4 Å². The zero-order chi connectivity index (χ0) is 13.0. The van der Waals surface area contributed by atoms with Gasteiger partial charge in [0, 0.05) is 26.8 Å². The number of aromatic nitrogens is 3. The monoisotopic (exact) mass is 254 g/mol. The third kappa shape index (κ3) is 3.05. The molecule has 1 aromatic rings. The third-order valence-corrected chi connectivity index (χ3v) is 3.11. The average molecular weight is 254 g/mol. The smallest absolute Gasteiger partial charge is 0.358 e. The van der Waals surface area contributed by atoms with Gasteiger partial charge in [-0.15, -0.1) is 5.10 Å². The van der Waals surface area contributed by atoms with Crippen LogP contribution in [0.3, 0.4) is 0 Å². The molecular weight excluding hydrogens is 236 g/mol. The molecule has 1 aliphatic rings. The molecule has 2 heterocycles. The molecule has 0 aromatic carbocycles. The summed E-state index contributed by atoms with van der Waals surface area (Å²) in [4.78, 5) is 13.0. The maximum absolute atomic E-state index is 10.7. The highest BCUT2D eigenvalue weighted by molar-refractivity contribution is 5.84. The normalized spacial score (nSPS) is 16.7. The van der Waals surface area contributed by atoms with Crippen LogP contribution >= 0.6 is 0 Å². The number of hydrogen-bond acceptors (Lipinski definition) is 5. The quantitative estimate of drug-likeness (QED) is 0.703. The number of likely N-dealkylation sites (tertiary alicyclic amines) is 1. The van der Waals surface area contributed by atoms with Crippen molar-refractivity contribution in [1.82, 2.24) is 19.9 Å². The van der Waals surface area contributed by atoms with E-state index in [1.54, 1.807) is 11.8 Å². The van der Waals surface area contributed by atoms with Crippen LogP contribution in [0, 0.1) is 0 Å². The summed E-state index contributed by atoms with van der Waals surface area (Å²) in [7, 11) is 1.71. The van der Waals surface area contributed by atoms with Gasteiger partial charge >= 0.3 is 5.97 Å². The summed E-state index contributed by atoms with van der Waals surface area (Å²) in [6.07, 6.45) is 3.69. The number of hydrogen-bond donors (Lipinski definition) is 1. The highest BCUT2D eigenvalue weighted by atomic mass is 16.5. The van der Waals surface area contributed by atoms with Gasteiger partial charge in [0.25, 0.3) is 0 Å². The minimum atomic E-state index is -1.03. The van der Waals surface area contributed by atoms with Crippen molar-refractivity contribution < 1.29 is 14.6 Å². The van der Waals surface area contributed by atoms with Crippen molar-refractivity contribution in [3.05, 3.63) is 11.9 Å². The lowest BCUT2D eigenvalue weighted by Crippen LogP contribution is -2.48. The largest absolute Gasteiger partial charge is 0.476 e. The fraction of sp³-hybridized carbons (Fsp3) is 0.727. The standard InChI is InChI=1S/C11H18N4O3/c1-18-5-3-2-4-14-6-9(7-14)15-8-10(11(16)17)12-13-15/h8-9H,2-7H2,1H3,(H,16,17). The Kier molecular flexibility index (Phi) is 4.27. The number of carboxylic acid groups (broad SMARTS) is 1. The zero-order valence-electron chi connectivity index (χ0n) is 10.4. The number of nitrogens with zero attached hydrogens (tertiary/aromatic N) is 4. The molecule has 1 N–H and O–H groups in total. The second-order valence-electron chi connectivity index (χ2n) is 4.50. The van der Waals surface area contributed by atoms with Gasteiger partial charge in [-0.2, -0.15) is 0 Å². The van der Waals surface area contributed by atoms with E-state index in [2.05, 4.69) is 15.2 Å². The summed E-state index contributed by atoms with van der Waals surface area (Å²) in [5.41, 5.74) is 0.00791. The lowest BCUT2D eigenvalue weighted by Gasteiger charge is -2.38. The highest BCUT2D eigenvalue weighted by Gasteiger charge is 2.28. The maximum Gasteiger partial charge on any atom is 0.358 e. The Balaban J connectivity index is 1.70. The van der Waals surface area contributed by atoms with Crippen LogP contribution in [-0.2, 0) is 4.74 Å². The van der Waals surface area contributed by atoms with Gasteiger partial charge in [-0.05, 0) is 19.4 Å². The van der Waals surface area contributed by atoms with Crippen LogP contribution in [-0.4, -0.2) is 64.3 Å². The molecule has 0 radical (unpaired) electrons. The van der Waals surface area contributed by atoms with Crippen LogP contribution in [0.15, 0.2) is 6.20 Å². The van der Waals surface area contributed by atoms with E-state index in [1.807, 2.05) is 0 Å². The molecule has 1 fully saturated rings. The van der Waals surface area contributed by atoms with Gasteiger partial charge < -0.3 is 9.84 Å². The van der Waals surface area contributed by atoms with Crippen molar-refractivity contribution in [2.45, 2.75) is 18.9 Å². The number of rotatable bonds is 7. The number of carbonyl (C=O) groups is 1. The predicted octanol–water partition coefficient (Wildman–Crippen LogP) is 0.260. The van der Waals surface area contributed by atoms with Crippen molar-refractivity contribution in [3.8, 4) is 0 Å². The third-order valence-electron chi connectivity index (χ3n) is 3.11. The predicted molar refractivity (Wildman–Crippen MR) is 63.6 cm³/mol. The fourth-order valence-electron chi connectivity index (χ4n) is 2.03. The molecule has 0 aliphatic carbocycles. The van der Waals surface area contributed by atoms with Crippen molar-refractivity contribution in [3.63, 3.8) is 0 Å². The van der Waals surface area contributed by atoms with Gasteiger partial charge in [0.1, 0.15) is 0 Å². The second-order valence-corrected chi connectivity index (χ2v) is 4.50. The van der Waals surface area contributed by atoms with E-state index in [0.717, 1.165) is 39.1 Å². The molecule has 7 nitrogen and oxygen atoms in total. The molecule has 0 spiro atoms. The van der Waals surface area contributed by atoms with Gasteiger partial charge in [0.05, 0.1) is 12.2 Å². The minimum absolute atomic E-state index is 0.00791. The van der Waals surface area contributed by atoms with Crippen LogP contribution in [0.25, 0.3) is 0 Å². The number of methoxy groups -OCH3 is 1. The summed E-state index contributed by atoms with van der Waals surface area (Å²) in [6, 6.07) is 0.257. The van der Waals surface area contributed by atoms with E-state index in [4.69, 9.17) is 9.84 Å². The molecule has 100 valence electrons. The lowest BCUT2D eigenvalue weighted by atomic mass is 10.1. The Bertz CT molecular complexity index is 401. The first-order valence-electron chi connectivity index (χ1n) is 6.07. The molecule has 0 amide bonds. The first kappa shape index (κ1) is 13.0. The molecule has 0 unspecified atom stereocenters. The minimum Gasteiger partial charge on any atom is -0.476 e. The molecule has 1 aromatic heterocycles. The molecule has 0 atom stereocenters. The van der Waals surface area contributed by atoms with Gasteiger partial charge in [0.15, 0.2) is 5.69 Å². The first-order valence-corrected chi connectivity index (χ1v) is 6.07. The summed E-state index contributed by atoms with van der Waals surface area (Å²) >= 11 is 0. The van der Waals surface area contributed by atoms with Gasteiger partial charge in [-0.1, -0.05) is 5.21 Å². The number of aromatic carboxylic acids is 1. The summed E-state index contributed by atoms with van der Waals surface area (Å²) < 4.78 is 6.64. The SMILES string of the molecule is COCCCCN1CC(n2cc(C(=O)O)nn2)C1. The number of ether oxygens (including phenoxy) is 1. The second kappa shape index (κ2) is 5.92. The Morgan fingerprint density at radius 2 is 2.33 bits per heavy atom. The van der Waals surface area contributed by atoms with E-state index in [-0.39, 0.29) is 11.7 Å². The first-order chi connectivity index (χ1) is 8.70. The van der Waals surface area contributed by atoms with E-state index >= 15 is 0 Å². The van der Waals surface area contributed by atoms with Crippen molar-refractivity contribution >= 4 is 5.97 Å². The molecule has 1 saturated heterocycles. The summed E-state index contributed by atoms with van der Waals surface area (Å²) in [5, 5.41) is 16.2. The Morgan fingerprint density at radius 3 is 2.94 bits per heavy atom. The van der Waals surface area contributed by atoms with Gasteiger partial charge in [0.2, 0.25) is 0 Å². The fourth-order valence-corrected chi connectivity index (χ4v) is 2.03.